The maximum atomic E-state index is 12.4. The van der Waals surface area contributed by atoms with Crippen molar-refractivity contribution in [2.75, 3.05) is 25.1 Å². The zero-order chi connectivity index (χ0) is 13.2. The second-order valence-corrected chi connectivity index (χ2v) is 7.60. The van der Waals surface area contributed by atoms with E-state index in [0.717, 1.165) is 12.2 Å². The molecule has 0 amide bonds. The lowest BCUT2D eigenvalue weighted by Crippen LogP contribution is -2.29. The Labute approximate surface area is 117 Å². The molecule has 0 radical (unpaired) electrons. The first-order valence-electron chi connectivity index (χ1n) is 5.63. The SMILES string of the molecule is CSC[C@H]1CCN(S(=O)(=O)c2cncc(Cl)c2)C1. The van der Waals surface area contributed by atoms with Gasteiger partial charge in [-0.25, -0.2) is 8.42 Å². The number of pyridine rings is 1. The van der Waals surface area contributed by atoms with Gasteiger partial charge in [0.05, 0.1) is 5.02 Å². The van der Waals surface area contributed by atoms with Crippen molar-refractivity contribution in [1.29, 1.82) is 0 Å². The van der Waals surface area contributed by atoms with Crippen LogP contribution < -0.4 is 0 Å². The monoisotopic (exact) mass is 306 g/mol. The van der Waals surface area contributed by atoms with Crippen LogP contribution in [0.1, 0.15) is 6.42 Å². The Morgan fingerprint density at radius 2 is 2.33 bits per heavy atom. The van der Waals surface area contributed by atoms with Gasteiger partial charge in [-0.05, 0) is 30.4 Å². The molecular weight excluding hydrogens is 292 g/mol. The molecule has 2 rings (SSSR count). The number of aromatic nitrogens is 1. The van der Waals surface area contributed by atoms with Crippen molar-refractivity contribution in [1.82, 2.24) is 9.29 Å². The van der Waals surface area contributed by atoms with Crippen molar-refractivity contribution in [2.45, 2.75) is 11.3 Å². The average Bonchev–Trinajstić information content (AvgIpc) is 2.79. The minimum atomic E-state index is -3.44. The molecule has 4 nitrogen and oxygen atoms in total. The van der Waals surface area contributed by atoms with Gasteiger partial charge in [0.2, 0.25) is 10.0 Å². The highest BCUT2D eigenvalue weighted by atomic mass is 35.5. The molecule has 100 valence electrons. The van der Waals surface area contributed by atoms with Crippen LogP contribution in [-0.4, -0.2) is 42.8 Å². The summed E-state index contributed by atoms with van der Waals surface area (Å²) in [6.45, 7) is 1.18. The third kappa shape index (κ3) is 2.99. The molecular formula is C11H15ClN2O2S2. The second kappa shape index (κ2) is 5.77. The molecule has 1 aromatic heterocycles. The van der Waals surface area contributed by atoms with Gasteiger partial charge in [0.25, 0.3) is 0 Å². The Kier molecular flexibility index (Phi) is 4.53. The predicted molar refractivity (Wildman–Crippen MR) is 74.5 cm³/mol. The standard InChI is InChI=1S/C11H15ClN2O2S2/c1-17-8-9-2-3-14(7-9)18(15,16)11-4-10(12)5-13-6-11/h4-6,9H,2-3,7-8H2,1H3/t9-/m0/s1. The summed E-state index contributed by atoms with van der Waals surface area (Å²) in [4.78, 5) is 4.02. The zero-order valence-electron chi connectivity index (χ0n) is 10.0. The van der Waals surface area contributed by atoms with Crippen LogP contribution in [0.15, 0.2) is 23.4 Å². The average molecular weight is 307 g/mol. The van der Waals surface area contributed by atoms with Crippen LogP contribution in [0, 0.1) is 5.92 Å². The van der Waals surface area contributed by atoms with Crippen LogP contribution in [0.25, 0.3) is 0 Å². The van der Waals surface area contributed by atoms with Crippen LogP contribution in [-0.2, 0) is 10.0 Å². The molecule has 18 heavy (non-hydrogen) atoms. The molecule has 0 aliphatic carbocycles. The fourth-order valence-electron chi connectivity index (χ4n) is 2.07. The van der Waals surface area contributed by atoms with Crippen molar-refractivity contribution in [3.05, 3.63) is 23.5 Å². The van der Waals surface area contributed by atoms with E-state index in [-0.39, 0.29) is 4.90 Å². The van der Waals surface area contributed by atoms with Gasteiger partial charge < -0.3 is 0 Å². The summed E-state index contributed by atoms with van der Waals surface area (Å²) in [5.74, 6) is 1.45. The van der Waals surface area contributed by atoms with Crippen molar-refractivity contribution in [2.24, 2.45) is 5.92 Å². The molecule has 2 heterocycles. The van der Waals surface area contributed by atoms with Crippen LogP contribution in [0.2, 0.25) is 5.02 Å². The molecule has 1 fully saturated rings. The van der Waals surface area contributed by atoms with Gasteiger partial charge in [-0.3, -0.25) is 4.98 Å². The second-order valence-electron chi connectivity index (χ2n) is 4.31. The normalized spacial score (nSPS) is 21.3. The van der Waals surface area contributed by atoms with Gasteiger partial charge in [-0.1, -0.05) is 11.6 Å². The van der Waals surface area contributed by atoms with Gasteiger partial charge in [-0.2, -0.15) is 16.1 Å². The Balaban J connectivity index is 2.18. The van der Waals surface area contributed by atoms with E-state index in [9.17, 15) is 8.42 Å². The number of sulfonamides is 1. The summed E-state index contributed by atoms with van der Waals surface area (Å²) in [7, 11) is -3.44. The summed E-state index contributed by atoms with van der Waals surface area (Å²) < 4.78 is 26.2. The summed E-state index contributed by atoms with van der Waals surface area (Å²) in [5, 5.41) is 0.343. The fourth-order valence-corrected chi connectivity index (χ4v) is 4.57. The largest absolute Gasteiger partial charge is 0.262 e. The summed E-state index contributed by atoms with van der Waals surface area (Å²) >= 11 is 7.54. The fraction of sp³-hybridized carbons (Fsp3) is 0.545. The number of hydrogen-bond acceptors (Lipinski definition) is 4. The molecule has 0 saturated carbocycles. The van der Waals surface area contributed by atoms with Crippen molar-refractivity contribution in [3.63, 3.8) is 0 Å². The van der Waals surface area contributed by atoms with Crippen LogP contribution >= 0.6 is 23.4 Å². The topological polar surface area (TPSA) is 50.3 Å². The van der Waals surface area contributed by atoms with Gasteiger partial charge in [0, 0.05) is 25.5 Å². The molecule has 1 atom stereocenters. The van der Waals surface area contributed by atoms with Crippen molar-refractivity contribution >= 4 is 33.4 Å². The lowest BCUT2D eigenvalue weighted by molar-refractivity contribution is 0.465. The lowest BCUT2D eigenvalue weighted by Gasteiger charge is -2.16. The van der Waals surface area contributed by atoms with E-state index in [0.29, 0.717) is 24.0 Å². The molecule has 1 aliphatic heterocycles. The van der Waals surface area contributed by atoms with Gasteiger partial charge >= 0.3 is 0 Å². The van der Waals surface area contributed by atoms with Crippen LogP contribution in [0.4, 0.5) is 0 Å². The Morgan fingerprint density at radius 3 is 3.00 bits per heavy atom. The van der Waals surface area contributed by atoms with Crippen LogP contribution in [0.3, 0.4) is 0 Å². The van der Waals surface area contributed by atoms with E-state index in [1.165, 1.54) is 22.8 Å². The smallest absolute Gasteiger partial charge is 0.244 e. The number of halogens is 1. The quantitative estimate of drug-likeness (QED) is 0.855. The maximum absolute atomic E-state index is 12.4. The van der Waals surface area contributed by atoms with Crippen molar-refractivity contribution in [3.8, 4) is 0 Å². The molecule has 1 aliphatic rings. The first-order valence-corrected chi connectivity index (χ1v) is 8.85. The molecule has 0 unspecified atom stereocenters. The minimum Gasteiger partial charge on any atom is -0.262 e. The van der Waals surface area contributed by atoms with E-state index in [4.69, 9.17) is 11.6 Å². The number of rotatable bonds is 4. The third-order valence-corrected chi connectivity index (χ3v) is 5.81. The van der Waals surface area contributed by atoms with Gasteiger partial charge in [0.1, 0.15) is 4.90 Å². The number of nitrogens with zero attached hydrogens (tertiary/aromatic N) is 2. The molecule has 0 spiro atoms. The lowest BCUT2D eigenvalue weighted by atomic mass is 10.2. The van der Waals surface area contributed by atoms with E-state index in [2.05, 4.69) is 4.98 Å². The van der Waals surface area contributed by atoms with E-state index in [1.807, 2.05) is 6.26 Å². The summed E-state index contributed by atoms with van der Waals surface area (Å²) in [5.41, 5.74) is 0. The summed E-state index contributed by atoms with van der Waals surface area (Å²) in [6, 6.07) is 1.45. The molecule has 1 aromatic rings. The Hall–Kier alpha value is -0.300. The first-order chi connectivity index (χ1) is 8.54. The number of hydrogen-bond donors (Lipinski definition) is 0. The Bertz CT molecular complexity index is 522. The molecule has 0 bridgehead atoms. The highest BCUT2D eigenvalue weighted by Gasteiger charge is 2.32. The number of thioether (sulfide) groups is 1. The minimum absolute atomic E-state index is 0.180. The molecule has 0 N–H and O–H groups in total. The zero-order valence-corrected chi connectivity index (χ0v) is 12.4. The predicted octanol–water partition coefficient (Wildman–Crippen LogP) is 2.11. The highest BCUT2D eigenvalue weighted by Crippen LogP contribution is 2.26. The van der Waals surface area contributed by atoms with Crippen LogP contribution in [0.5, 0.6) is 0 Å². The Morgan fingerprint density at radius 1 is 1.56 bits per heavy atom. The summed E-state index contributed by atoms with van der Waals surface area (Å²) in [6.07, 6.45) is 5.75. The van der Waals surface area contributed by atoms with E-state index < -0.39 is 10.0 Å². The van der Waals surface area contributed by atoms with Gasteiger partial charge in [0.15, 0.2) is 0 Å². The molecule has 0 aromatic carbocycles. The maximum Gasteiger partial charge on any atom is 0.244 e. The van der Waals surface area contributed by atoms with Gasteiger partial charge in [-0.15, -0.1) is 0 Å². The van der Waals surface area contributed by atoms with E-state index >= 15 is 0 Å². The van der Waals surface area contributed by atoms with Crippen molar-refractivity contribution < 1.29 is 8.42 Å². The highest BCUT2D eigenvalue weighted by molar-refractivity contribution is 7.98. The third-order valence-electron chi connectivity index (χ3n) is 2.97. The molecule has 1 saturated heterocycles. The van der Waals surface area contributed by atoms with E-state index in [1.54, 1.807) is 11.8 Å². The first kappa shape index (κ1) is 14.1. The molecule has 7 heteroatoms.